The molecule has 1 aromatic carbocycles. The van der Waals surface area contributed by atoms with Gasteiger partial charge in [0.25, 0.3) is 0 Å². The van der Waals surface area contributed by atoms with Crippen LogP contribution in [-0.2, 0) is 13.0 Å². The molecule has 0 aliphatic carbocycles. The maximum atomic E-state index is 5.91. The van der Waals surface area contributed by atoms with E-state index in [1.54, 1.807) is 0 Å². The molecule has 0 unspecified atom stereocenters. The average Bonchev–Trinajstić information content (AvgIpc) is 2.42. The zero-order chi connectivity index (χ0) is 13.7. The van der Waals surface area contributed by atoms with E-state index >= 15 is 0 Å². The molecule has 0 saturated carbocycles. The van der Waals surface area contributed by atoms with Crippen molar-refractivity contribution < 1.29 is 0 Å². The summed E-state index contributed by atoms with van der Waals surface area (Å²) in [6.45, 7) is 1.81. The molecule has 0 spiro atoms. The maximum Gasteiger partial charge on any atom is 0.0635 e. The first-order valence-electron chi connectivity index (χ1n) is 6.27. The topological polar surface area (TPSA) is 42.2 Å². The molecule has 0 atom stereocenters. The Morgan fingerprint density at radius 1 is 1.26 bits per heavy atom. The lowest BCUT2D eigenvalue weighted by atomic mass is 10.2. The molecule has 0 bridgehead atoms. The number of halogens is 1. The summed E-state index contributed by atoms with van der Waals surface area (Å²) in [5.74, 6) is 0. The molecular weight excluding hydrogens is 258 g/mol. The van der Waals surface area contributed by atoms with Crippen molar-refractivity contribution in [1.82, 2.24) is 9.88 Å². The van der Waals surface area contributed by atoms with Crippen molar-refractivity contribution in [3.63, 3.8) is 0 Å². The molecule has 100 valence electrons. The van der Waals surface area contributed by atoms with Crippen molar-refractivity contribution in [2.24, 2.45) is 0 Å². The van der Waals surface area contributed by atoms with Gasteiger partial charge in [0.05, 0.1) is 10.7 Å². The normalized spacial score (nSPS) is 10.9. The fraction of sp³-hybridized carbons (Fsp3) is 0.267. The number of likely N-dealkylation sites (N-methyl/N-ethyl adjacent to an activating group) is 1. The van der Waals surface area contributed by atoms with Crippen LogP contribution in [0.3, 0.4) is 0 Å². The molecule has 1 aromatic heterocycles. The molecule has 3 nitrogen and oxygen atoms in total. The van der Waals surface area contributed by atoms with Crippen LogP contribution in [0.2, 0.25) is 5.02 Å². The van der Waals surface area contributed by atoms with E-state index in [1.807, 2.05) is 42.6 Å². The summed E-state index contributed by atoms with van der Waals surface area (Å²) < 4.78 is 0. The predicted molar refractivity (Wildman–Crippen MR) is 80.1 cm³/mol. The van der Waals surface area contributed by atoms with Crippen LogP contribution in [0.1, 0.15) is 11.3 Å². The van der Waals surface area contributed by atoms with Crippen LogP contribution in [0.15, 0.2) is 42.6 Å². The van der Waals surface area contributed by atoms with Gasteiger partial charge in [-0.15, -0.1) is 0 Å². The smallest absolute Gasteiger partial charge is 0.0635 e. The third-order valence-corrected chi connectivity index (χ3v) is 3.33. The molecule has 2 rings (SSSR count). The Morgan fingerprint density at radius 2 is 2.11 bits per heavy atom. The summed E-state index contributed by atoms with van der Waals surface area (Å²) in [7, 11) is 2.09. The highest BCUT2D eigenvalue weighted by Crippen LogP contribution is 2.20. The highest BCUT2D eigenvalue weighted by atomic mass is 35.5. The van der Waals surface area contributed by atoms with Gasteiger partial charge in [0, 0.05) is 31.4 Å². The number of rotatable bonds is 5. The third-order valence-electron chi connectivity index (χ3n) is 2.99. The Bertz CT molecular complexity index is 528. The van der Waals surface area contributed by atoms with Crippen LogP contribution < -0.4 is 5.73 Å². The van der Waals surface area contributed by atoms with E-state index in [9.17, 15) is 0 Å². The maximum absolute atomic E-state index is 5.91. The Balaban J connectivity index is 1.87. The number of hydrogen-bond donors (Lipinski definition) is 1. The number of nitrogens with two attached hydrogens (primary N) is 1. The number of hydrogen-bond acceptors (Lipinski definition) is 3. The van der Waals surface area contributed by atoms with Gasteiger partial charge < -0.3 is 10.6 Å². The first-order chi connectivity index (χ1) is 9.15. The highest BCUT2D eigenvalue weighted by Gasteiger charge is 2.03. The summed E-state index contributed by atoms with van der Waals surface area (Å²) in [5.41, 5.74) is 8.72. The minimum absolute atomic E-state index is 0.611. The average molecular weight is 276 g/mol. The number of pyridine rings is 1. The summed E-state index contributed by atoms with van der Waals surface area (Å²) >= 11 is 5.91. The molecule has 0 amide bonds. The van der Waals surface area contributed by atoms with Crippen molar-refractivity contribution in [3.8, 4) is 0 Å². The van der Waals surface area contributed by atoms with Gasteiger partial charge in [0.15, 0.2) is 0 Å². The summed E-state index contributed by atoms with van der Waals surface area (Å²) in [4.78, 5) is 6.57. The number of nitrogen functional groups attached to an aromatic ring is 1. The van der Waals surface area contributed by atoms with Crippen molar-refractivity contribution >= 4 is 17.3 Å². The minimum atomic E-state index is 0.611. The second kappa shape index (κ2) is 6.55. The monoisotopic (exact) mass is 275 g/mol. The summed E-state index contributed by atoms with van der Waals surface area (Å²) in [5, 5.41) is 0.611. The molecule has 0 radical (unpaired) electrons. The van der Waals surface area contributed by atoms with Crippen LogP contribution in [0.25, 0.3) is 0 Å². The number of benzene rings is 1. The molecule has 19 heavy (non-hydrogen) atoms. The number of nitrogens with zero attached hydrogens (tertiary/aromatic N) is 2. The summed E-state index contributed by atoms with van der Waals surface area (Å²) in [6, 6.07) is 11.8. The van der Waals surface area contributed by atoms with Gasteiger partial charge >= 0.3 is 0 Å². The van der Waals surface area contributed by atoms with Gasteiger partial charge in [-0.3, -0.25) is 4.98 Å². The fourth-order valence-corrected chi connectivity index (χ4v) is 2.05. The van der Waals surface area contributed by atoms with E-state index in [1.165, 1.54) is 5.56 Å². The molecule has 0 fully saturated rings. The van der Waals surface area contributed by atoms with Gasteiger partial charge in [-0.2, -0.15) is 0 Å². The second-order valence-corrected chi connectivity index (χ2v) is 5.07. The Kier molecular flexibility index (Phi) is 4.77. The molecule has 1 heterocycles. The van der Waals surface area contributed by atoms with Crippen LogP contribution >= 0.6 is 11.6 Å². The van der Waals surface area contributed by atoms with Crippen LogP contribution in [0, 0.1) is 0 Å². The van der Waals surface area contributed by atoms with Gasteiger partial charge in [-0.25, -0.2) is 0 Å². The third kappa shape index (κ3) is 4.23. The van der Waals surface area contributed by atoms with E-state index < -0.39 is 0 Å². The van der Waals surface area contributed by atoms with Crippen LogP contribution in [0.4, 0.5) is 5.69 Å². The Morgan fingerprint density at radius 3 is 2.79 bits per heavy atom. The SMILES string of the molecule is CN(CCc1ccccn1)Cc1ccc(Cl)c(N)c1. The van der Waals surface area contributed by atoms with Gasteiger partial charge in [0.2, 0.25) is 0 Å². The van der Waals surface area contributed by atoms with E-state index in [4.69, 9.17) is 17.3 Å². The quantitative estimate of drug-likeness (QED) is 0.853. The molecule has 2 N–H and O–H groups in total. The molecule has 2 aromatic rings. The first-order valence-corrected chi connectivity index (χ1v) is 6.65. The molecular formula is C15H18ClN3. The van der Waals surface area contributed by atoms with Crippen molar-refractivity contribution in [3.05, 3.63) is 58.9 Å². The van der Waals surface area contributed by atoms with E-state index in [0.717, 1.165) is 25.2 Å². The molecule has 4 heteroatoms. The lowest BCUT2D eigenvalue weighted by Crippen LogP contribution is -2.21. The van der Waals surface area contributed by atoms with Gasteiger partial charge in [0.1, 0.15) is 0 Å². The Hall–Kier alpha value is -1.58. The second-order valence-electron chi connectivity index (χ2n) is 4.66. The van der Waals surface area contributed by atoms with Crippen molar-refractivity contribution in [1.29, 1.82) is 0 Å². The van der Waals surface area contributed by atoms with Crippen molar-refractivity contribution in [2.75, 3.05) is 19.3 Å². The van der Waals surface area contributed by atoms with E-state index in [0.29, 0.717) is 10.7 Å². The highest BCUT2D eigenvalue weighted by molar-refractivity contribution is 6.33. The molecule has 0 aliphatic rings. The zero-order valence-corrected chi connectivity index (χ0v) is 11.8. The predicted octanol–water partition coefficient (Wildman–Crippen LogP) is 2.99. The fourth-order valence-electron chi connectivity index (χ4n) is 1.93. The lowest BCUT2D eigenvalue weighted by molar-refractivity contribution is 0.330. The summed E-state index contributed by atoms with van der Waals surface area (Å²) in [6.07, 6.45) is 2.77. The number of anilines is 1. The lowest BCUT2D eigenvalue weighted by Gasteiger charge is -2.16. The minimum Gasteiger partial charge on any atom is -0.398 e. The van der Waals surface area contributed by atoms with E-state index in [-0.39, 0.29) is 0 Å². The first kappa shape index (κ1) is 13.8. The number of aromatic nitrogens is 1. The van der Waals surface area contributed by atoms with Crippen LogP contribution in [-0.4, -0.2) is 23.5 Å². The van der Waals surface area contributed by atoms with E-state index in [2.05, 4.69) is 16.9 Å². The molecule has 0 saturated heterocycles. The standard InChI is InChI=1S/C15H18ClN3/c1-19(9-7-13-4-2-3-8-18-13)11-12-5-6-14(16)15(17)10-12/h2-6,8,10H,7,9,11,17H2,1H3. The van der Waals surface area contributed by atoms with Crippen molar-refractivity contribution in [2.45, 2.75) is 13.0 Å². The van der Waals surface area contributed by atoms with Gasteiger partial charge in [-0.1, -0.05) is 23.7 Å². The molecule has 0 aliphatic heterocycles. The van der Waals surface area contributed by atoms with Crippen LogP contribution in [0.5, 0.6) is 0 Å². The zero-order valence-electron chi connectivity index (χ0n) is 11.0. The Labute approximate surface area is 119 Å². The largest absolute Gasteiger partial charge is 0.398 e. The van der Waals surface area contributed by atoms with Gasteiger partial charge in [-0.05, 0) is 36.9 Å².